The van der Waals surface area contributed by atoms with Gasteiger partial charge in [0.2, 0.25) is 0 Å². The average Bonchev–Trinajstić information content (AvgIpc) is 2.21. The zero-order valence-corrected chi connectivity index (χ0v) is 12.3. The van der Waals surface area contributed by atoms with Crippen LogP contribution in [0, 0.1) is 13.8 Å². The van der Waals surface area contributed by atoms with Gasteiger partial charge in [0.05, 0.1) is 12.0 Å². The molecule has 1 atom stereocenters. The molecule has 1 aromatic rings. The molecule has 0 saturated heterocycles. The van der Waals surface area contributed by atoms with Crippen molar-refractivity contribution in [3.63, 3.8) is 0 Å². The summed E-state index contributed by atoms with van der Waals surface area (Å²) in [5, 5.41) is -0.584. The monoisotopic (exact) mass is 344 g/mol. The number of hydrogen-bond acceptors (Lipinski definition) is 1. The highest BCUT2D eigenvalue weighted by molar-refractivity contribution is 9.10. The second kappa shape index (κ2) is 6.26. The summed E-state index contributed by atoms with van der Waals surface area (Å²) in [6.45, 7) is 2.32. The van der Waals surface area contributed by atoms with Crippen molar-refractivity contribution in [2.24, 2.45) is 0 Å². The Morgan fingerprint density at radius 1 is 1.28 bits per heavy atom. The molecule has 0 aliphatic carbocycles. The summed E-state index contributed by atoms with van der Waals surface area (Å²) in [6, 6.07) is 3.75. The zero-order chi connectivity index (χ0) is 13.9. The normalized spacial score (nSPS) is 13.7. The minimum atomic E-state index is -4.32. The largest absolute Gasteiger partial charge is 0.411 e. The number of hydrogen-bond donors (Lipinski definition) is 0. The van der Waals surface area contributed by atoms with Crippen molar-refractivity contribution in [1.29, 1.82) is 0 Å². The van der Waals surface area contributed by atoms with Crippen LogP contribution in [0.15, 0.2) is 16.6 Å². The smallest absolute Gasteiger partial charge is 0.370 e. The van der Waals surface area contributed by atoms with Crippen molar-refractivity contribution < 1.29 is 17.9 Å². The van der Waals surface area contributed by atoms with E-state index in [0.717, 1.165) is 21.2 Å². The lowest BCUT2D eigenvalue weighted by Crippen LogP contribution is -2.18. The van der Waals surface area contributed by atoms with E-state index in [0.29, 0.717) is 0 Å². The van der Waals surface area contributed by atoms with Crippen LogP contribution >= 0.6 is 27.5 Å². The Morgan fingerprint density at radius 2 is 1.89 bits per heavy atom. The highest BCUT2D eigenvalue weighted by Gasteiger charge is 2.28. The third kappa shape index (κ3) is 4.78. The summed E-state index contributed by atoms with van der Waals surface area (Å²) >= 11 is 9.44. The Balaban J connectivity index is 2.67. The Labute approximate surface area is 117 Å². The van der Waals surface area contributed by atoms with Gasteiger partial charge in [0, 0.05) is 4.47 Å². The average molecular weight is 346 g/mol. The Kier molecular flexibility index (Phi) is 5.49. The molecule has 102 valence electrons. The molecule has 0 spiro atoms. The van der Waals surface area contributed by atoms with E-state index in [1.807, 2.05) is 26.0 Å². The fraction of sp³-hybridized carbons (Fsp3) is 0.500. The molecule has 0 saturated carbocycles. The molecular formula is C12H13BrClF3O. The van der Waals surface area contributed by atoms with Gasteiger partial charge in [0.25, 0.3) is 0 Å². The van der Waals surface area contributed by atoms with Gasteiger partial charge in [-0.15, -0.1) is 11.6 Å². The quantitative estimate of drug-likeness (QED) is 0.704. The van der Waals surface area contributed by atoms with Gasteiger partial charge in [-0.1, -0.05) is 22.0 Å². The fourth-order valence-corrected chi connectivity index (χ4v) is 2.29. The van der Waals surface area contributed by atoms with Crippen molar-refractivity contribution in [1.82, 2.24) is 0 Å². The van der Waals surface area contributed by atoms with E-state index < -0.39 is 18.2 Å². The van der Waals surface area contributed by atoms with E-state index in [4.69, 9.17) is 11.6 Å². The van der Waals surface area contributed by atoms with Gasteiger partial charge in [-0.2, -0.15) is 13.2 Å². The first kappa shape index (κ1) is 15.8. The molecule has 0 bridgehead atoms. The van der Waals surface area contributed by atoms with E-state index in [1.54, 1.807) is 0 Å². The van der Waals surface area contributed by atoms with Crippen molar-refractivity contribution in [3.8, 4) is 0 Å². The van der Waals surface area contributed by atoms with Gasteiger partial charge in [0.1, 0.15) is 6.61 Å². The number of ether oxygens (including phenoxy) is 1. The minimum Gasteiger partial charge on any atom is -0.370 e. The van der Waals surface area contributed by atoms with Crippen LogP contribution in [0.5, 0.6) is 0 Å². The lowest BCUT2D eigenvalue weighted by Gasteiger charge is -2.15. The van der Waals surface area contributed by atoms with Crippen LogP contribution in [0.4, 0.5) is 13.2 Å². The summed E-state index contributed by atoms with van der Waals surface area (Å²) in [5.41, 5.74) is 2.69. The summed E-state index contributed by atoms with van der Waals surface area (Å²) in [7, 11) is 0. The molecular weight excluding hydrogens is 332 g/mol. The molecule has 1 nitrogen and oxygen atoms in total. The molecule has 0 aliphatic rings. The first-order valence-corrected chi connectivity index (χ1v) is 6.49. The van der Waals surface area contributed by atoms with Crippen molar-refractivity contribution >= 4 is 27.5 Å². The van der Waals surface area contributed by atoms with Gasteiger partial charge >= 0.3 is 6.18 Å². The van der Waals surface area contributed by atoms with Crippen LogP contribution < -0.4 is 0 Å². The van der Waals surface area contributed by atoms with Crippen molar-refractivity contribution in [3.05, 3.63) is 33.3 Å². The predicted molar refractivity (Wildman–Crippen MR) is 69.1 cm³/mol. The second-order valence-electron chi connectivity index (χ2n) is 4.06. The molecule has 1 aromatic carbocycles. The van der Waals surface area contributed by atoms with Crippen molar-refractivity contribution in [2.75, 3.05) is 13.2 Å². The van der Waals surface area contributed by atoms with Gasteiger partial charge in [-0.3, -0.25) is 0 Å². The molecule has 0 N–H and O–H groups in total. The number of benzene rings is 1. The minimum absolute atomic E-state index is 0.164. The van der Waals surface area contributed by atoms with Gasteiger partial charge in [0.15, 0.2) is 0 Å². The van der Waals surface area contributed by atoms with Crippen LogP contribution in [0.2, 0.25) is 0 Å². The van der Waals surface area contributed by atoms with Gasteiger partial charge < -0.3 is 4.74 Å². The highest BCUT2D eigenvalue weighted by Crippen LogP contribution is 2.29. The van der Waals surface area contributed by atoms with Crippen LogP contribution in [-0.2, 0) is 4.74 Å². The maximum atomic E-state index is 11.9. The molecule has 0 fully saturated rings. The summed E-state index contributed by atoms with van der Waals surface area (Å²) in [4.78, 5) is 0. The molecule has 0 aromatic heterocycles. The maximum absolute atomic E-state index is 11.9. The maximum Gasteiger partial charge on any atom is 0.411 e. The van der Waals surface area contributed by atoms with E-state index in [2.05, 4.69) is 20.7 Å². The van der Waals surface area contributed by atoms with Gasteiger partial charge in [-0.05, 0) is 36.6 Å². The van der Waals surface area contributed by atoms with Crippen LogP contribution in [0.1, 0.15) is 22.1 Å². The molecule has 0 aliphatic heterocycles. The molecule has 0 amide bonds. The van der Waals surface area contributed by atoms with E-state index in [-0.39, 0.29) is 6.61 Å². The number of alkyl halides is 4. The Bertz CT molecular complexity index is 421. The Morgan fingerprint density at radius 3 is 2.44 bits per heavy atom. The fourth-order valence-electron chi connectivity index (χ4n) is 1.51. The number of aryl methyl sites for hydroxylation is 2. The Hall–Kier alpha value is -0.260. The third-order valence-corrected chi connectivity index (χ3v) is 3.63. The summed E-state index contributed by atoms with van der Waals surface area (Å²) < 4.78 is 41.3. The lowest BCUT2D eigenvalue weighted by molar-refractivity contribution is -0.173. The molecule has 0 heterocycles. The molecule has 18 heavy (non-hydrogen) atoms. The highest BCUT2D eigenvalue weighted by atomic mass is 79.9. The lowest BCUT2D eigenvalue weighted by atomic mass is 10.0. The molecule has 1 rings (SSSR count). The van der Waals surface area contributed by atoms with E-state index in [9.17, 15) is 13.2 Å². The number of rotatable bonds is 4. The first-order valence-electron chi connectivity index (χ1n) is 5.26. The third-order valence-electron chi connectivity index (χ3n) is 2.41. The number of halogens is 5. The van der Waals surface area contributed by atoms with Crippen molar-refractivity contribution in [2.45, 2.75) is 25.4 Å². The topological polar surface area (TPSA) is 9.23 Å². The standard InChI is InChI=1S/C12H13BrClF3O/c1-7-4-10(13)8(2)3-9(7)11(14)5-18-6-12(15,16)17/h3-4,11H,5-6H2,1-2H3. The molecule has 6 heteroatoms. The second-order valence-corrected chi connectivity index (χ2v) is 5.44. The molecule has 0 radical (unpaired) electrons. The summed E-state index contributed by atoms with van der Waals surface area (Å²) in [6.07, 6.45) is -4.32. The summed E-state index contributed by atoms with van der Waals surface area (Å²) in [5.74, 6) is 0. The van der Waals surface area contributed by atoms with Gasteiger partial charge in [-0.25, -0.2) is 0 Å². The van der Waals surface area contributed by atoms with Crippen LogP contribution in [0.25, 0.3) is 0 Å². The predicted octanol–water partition coefficient (Wildman–Crippen LogP) is 4.92. The zero-order valence-electron chi connectivity index (χ0n) is 9.94. The van der Waals surface area contributed by atoms with E-state index in [1.165, 1.54) is 0 Å². The van der Waals surface area contributed by atoms with E-state index >= 15 is 0 Å². The van der Waals surface area contributed by atoms with Crippen LogP contribution in [-0.4, -0.2) is 19.4 Å². The van der Waals surface area contributed by atoms with Crippen LogP contribution in [0.3, 0.4) is 0 Å². The SMILES string of the molecule is Cc1cc(C(Cl)COCC(F)(F)F)c(C)cc1Br. The first-order chi connectivity index (χ1) is 8.20. The molecule has 1 unspecified atom stereocenters.